The second kappa shape index (κ2) is 5.94. The van der Waals surface area contributed by atoms with Crippen LogP contribution in [0.5, 0.6) is 0 Å². The molecule has 4 nitrogen and oxygen atoms in total. The van der Waals surface area contributed by atoms with Crippen molar-refractivity contribution < 1.29 is 9.53 Å². The van der Waals surface area contributed by atoms with Gasteiger partial charge in [0.05, 0.1) is 0 Å². The third-order valence-electron chi connectivity index (χ3n) is 4.47. The summed E-state index contributed by atoms with van der Waals surface area (Å²) in [6.45, 7) is 2.76. The normalized spacial score (nSPS) is 27.1. The van der Waals surface area contributed by atoms with Crippen LogP contribution in [0.4, 0.5) is 0 Å². The highest BCUT2D eigenvalue weighted by atomic mass is 16.5. The molecule has 0 bridgehead atoms. The second-order valence-corrected chi connectivity index (χ2v) is 5.73. The van der Waals surface area contributed by atoms with E-state index in [9.17, 15) is 4.79 Å². The molecule has 2 aliphatic rings. The first kappa shape index (κ1) is 13.6. The number of rotatable bonds is 3. The predicted molar refractivity (Wildman–Crippen MR) is 77.3 cm³/mol. The zero-order valence-corrected chi connectivity index (χ0v) is 11.9. The van der Waals surface area contributed by atoms with Crippen LogP contribution in [-0.4, -0.2) is 43.6 Å². The lowest BCUT2D eigenvalue weighted by atomic mass is 9.94. The van der Waals surface area contributed by atoms with E-state index in [2.05, 4.69) is 5.32 Å². The van der Waals surface area contributed by atoms with E-state index in [0.717, 1.165) is 25.2 Å². The summed E-state index contributed by atoms with van der Waals surface area (Å²) in [5, 5.41) is 3.53. The zero-order valence-electron chi connectivity index (χ0n) is 11.9. The Bertz CT molecular complexity index is 449. The number of ether oxygens (including phenoxy) is 1. The minimum atomic E-state index is -0.476. The number of benzene rings is 1. The van der Waals surface area contributed by atoms with Crippen LogP contribution in [0, 0.1) is 5.92 Å². The molecule has 3 unspecified atom stereocenters. The highest BCUT2D eigenvalue weighted by Crippen LogP contribution is 2.28. The van der Waals surface area contributed by atoms with Crippen molar-refractivity contribution in [3.63, 3.8) is 0 Å². The molecule has 2 saturated heterocycles. The summed E-state index contributed by atoms with van der Waals surface area (Å²) in [6.07, 6.45) is 1.97. The van der Waals surface area contributed by atoms with E-state index in [4.69, 9.17) is 4.74 Å². The van der Waals surface area contributed by atoms with Crippen molar-refractivity contribution in [2.24, 2.45) is 5.92 Å². The molecule has 2 heterocycles. The summed E-state index contributed by atoms with van der Waals surface area (Å²) in [5.74, 6) is 0.705. The van der Waals surface area contributed by atoms with E-state index in [1.54, 1.807) is 7.11 Å². The van der Waals surface area contributed by atoms with E-state index < -0.39 is 6.10 Å². The topological polar surface area (TPSA) is 41.6 Å². The summed E-state index contributed by atoms with van der Waals surface area (Å²) >= 11 is 0. The largest absolute Gasteiger partial charge is 0.367 e. The number of amides is 1. The number of nitrogens with zero attached hydrogens (tertiary/aromatic N) is 1. The fourth-order valence-corrected chi connectivity index (χ4v) is 3.40. The first-order chi connectivity index (χ1) is 9.79. The SMILES string of the molecule is COC(C(=O)N1CC2CCCNC2C1)c1ccccc1. The van der Waals surface area contributed by atoms with Gasteiger partial charge in [-0.15, -0.1) is 0 Å². The number of carbonyl (C=O) groups is 1. The molecule has 0 aromatic heterocycles. The quantitative estimate of drug-likeness (QED) is 0.910. The van der Waals surface area contributed by atoms with Gasteiger partial charge in [0, 0.05) is 26.2 Å². The molecule has 0 spiro atoms. The van der Waals surface area contributed by atoms with Crippen molar-refractivity contribution in [3.8, 4) is 0 Å². The maximum Gasteiger partial charge on any atom is 0.256 e. The summed E-state index contributed by atoms with van der Waals surface area (Å²) in [4.78, 5) is 14.7. The van der Waals surface area contributed by atoms with E-state index in [1.807, 2.05) is 35.2 Å². The lowest BCUT2D eigenvalue weighted by molar-refractivity contribution is -0.141. The number of fused-ring (bicyclic) bond motifs is 1. The zero-order chi connectivity index (χ0) is 13.9. The van der Waals surface area contributed by atoms with Gasteiger partial charge >= 0.3 is 0 Å². The Morgan fingerprint density at radius 3 is 2.85 bits per heavy atom. The van der Waals surface area contributed by atoms with Crippen molar-refractivity contribution in [3.05, 3.63) is 35.9 Å². The summed E-state index contributed by atoms with van der Waals surface area (Å²) in [7, 11) is 1.61. The van der Waals surface area contributed by atoms with Gasteiger partial charge < -0.3 is 15.0 Å². The van der Waals surface area contributed by atoms with Gasteiger partial charge in [-0.25, -0.2) is 0 Å². The Balaban J connectivity index is 1.71. The molecule has 1 amide bonds. The smallest absolute Gasteiger partial charge is 0.256 e. The molecule has 4 heteroatoms. The third-order valence-corrected chi connectivity index (χ3v) is 4.47. The molecule has 0 saturated carbocycles. The van der Waals surface area contributed by atoms with Crippen LogP contribution in [0.25, 0.3) is 0 Å². The molecule has 2 aliphatic heterocycles. The fraction of sp³-hybridized carbons (Fsp3) is 0.562. The number of methoxy groups -OCH3 is 1. The van der Waals surface area contributed by atoms with Crippen LogP contribution in [0.3, 0.4) is 0 Å². The first-order valence-electron chi connectivity index (χ1n) is 7.39. The second-order valence-electron chi connectivity index (χ2n) is 5.73. The van der Waals surface area contributed by atoms with Crippen LogP contribution >= 0.6 is 0 Å². The average Bonchev–Trinajstić information content (AvgIpc) is 2.93. The molecule has 1 aromatic carbocycles. The number of carbonyl (C=O) groups excluding carboxylic acids is 1. The molecule has 108 valence electrons. The summed E-state index contributed by atoms with van der Waals surface area (Å²) in [5.41, 5.74) is 0.933. The molecule has 3 rings (SSSR count). The number of hydrogen-bond donors (Lipinski definition) is 1. The Labute approximate surface area is 120 Å². The Hall–Kier alpha value is -1.39. The van der Waals surface area contributed by atoms with Gasteiger partial charge in [-0.3, -0.25) is 4.79 Å². The Kier molecular flexibility index (Phi) is 4.03. The number of hydrogen-bond acceptors (Lipinski definition) is 3. The maximum atomic E-state index is 12.7. The van der Waals surface area contributed by atoms with Crippen LogP contribution < -0.4 is 5.32 Å². The maximum absolute atomic E-state index is 12.7. The van der Waals surface area contributed by atoms with Crippen LogP contribution in [0.1, 0.15) is 24.5 Å². The average molecular weight is 274 g/mol. The van der Waals surface area contributed by atoms with Crippen molar-refractivity contribution in [2.75, 3.05) is 26.7 Å². The van der Waals surface area contributed by atoms with E-state index >= 15 is 0 Å². The Morgan fingerprint density at radius 1 is 1.35 bits per heavy atom. The van der Waals surface area contributed by atoms with Gasteiger partial charge in [-0.05, 0) is 30.9 Å². The Morgan fingerprint density at radius 2 is 2.15 bits per heavy atom. The van der Waals surface area contributed by atoms with Gasteiger partial charge in [0.25, 0.3) is 5.91 Å². The molecule has 20 heavy (non-hydrogen) atoms. The lowest BCUT2D eigenvalue weighted by Crippen LogP contribution is -2.41. The van der Waals surface area contributed by atoms with E-state index in [-0.39, 0.29) is 5.91 Å². The number of piperidine rings is 1. The van der Waals surface area contributed by atoms with Crippen LogP contribution in [-0.2, 0) is 9.53 Å². The van der Waals surface area contributed by atoms with Crippen LogP contribution in [0.15, 0.2) is 30.3 Å². The molecule has 1 aromatic rings. The predicted octanol–water partition coefficient (Wildman–Crippen LogP) is 1.58. The van der Waals surface area contributed by atoms with Crippen molar-refractivity contribution in [1.82, 2.24) is 10.2 Å². The fourth-order valence-electron chi connectivity index (χ4n) is 3.40. The van der Waals surface area contributed by atoms with Crippen molar-refractivity contribution >= 4 is 5.91 Å². The molecule has 1 N–H and O–H groups in total. The van der Waals surface area contributed by atoms with Gasteiger partial charge in [0.2, 0.25) is 0 Å². The molecule has 2 fully saturated rings. The van der Waals surface area contributed by atoms with Crippen molar-refractivity contribution in [1.29, 1.82) is 0 Å². The van der Waals surface area contributed by atoms with Gasteiger partial charge in [-0.1, -0.05) is 30.3 Å². The van der Waals surface area contributed by atoms with Crippen molar-refractivity contribution in [2.45, 2.75) is 25.0 Å². The number of likely N-dealkylation sites (tertiary alicyclic amines) is 1. The standard InChI is InChI=1S/C16H22N2O2/c1-20-15(12-6-3-2-4-7-12)16(19)18-10-13-8-5-9-17-14(13)11-18/h2-4,6-7,13-15,17H,5,8-11H2,1H3. The molecule has 0 radical (unpaired) electrons. The van der Waals surface area contributed by atoms with E-state index in [1.165, 1.54) is 12.8 Å². The highest BCUT2D eigenvalue weighted by molar-refractivity contribution is 5.82. The molecular weight excluding hydrogens is 252 g/mol. The minimum absolute atomic E-state index is 0.0925. The lowest BCUT2D eigenvalue weighted by Gasteiger charge is -2.24. The highest BCUT2D eigenvalue weighted by Gasteiger charge is 2.38. The third kappa shape index (κ3) is 2.58. The van der Waals surface area contributed by atoms with E-state index in [0.29, 0.717) is 12.0 Å². The molecule has 3 atom stereocenters. The first-order valence-corrected chi connectivity index (χ1v) is 7.39. The van der Waals surface area contributed by atoms with Crippen LogP contribution in [0.2, 0.25) is 0 Å². The monoisotopic (exact) mass is 274 g/mol. The number of nitrogens with one attached hydrogen (secondary N) is 1. The van der Waals surface area contributed by atoms with Gasteiger partial charge in [0.15, 0.2) is 6.10 Å². The molecular formula is C16H22N2O2. The summed E-state index contributed by atoms with van der Waals surface area (Å²) < 4.78 is 5.45. The molecule has 0 aliphatic carbocycles. The van der Waals surface area contributed by atoms with Gasteiger partial charge in [0.1, 0.15) is 0 Å². The van der Waals surface area contributed by atoms with Gasteiger partial charge in [-0.2, -0.15) is 0 Å². The minimum Gasteiger partial charge on any atom is -0.367 e. The summed E-state index contributed by atoms with van der Waals surface area (Å²) in [6, 6.07) is 10.2.